The van der Waals surface area contributed by atoms with Crippen molar-refractivity contribution in [1.29, 1.82) is 0 Å². The molecule has 106 valence electrons. The number of hydrogen-bond acceptors (Lipinski definition) is 3. The number of benzene rings is 2. The molecule has 0 atom stereocenters. The Hall–Kier alpha value is -1.98. The highest BCUT2D eigenvalue weighted by Crippen LogP contribution is 2.31. The molecule has 3 nitrogen and oxygen atoms in total. The number of hydrogen-bond donors (Lipinski definition) is 1. The van der Waals surface area contributed by atoms with E-state index in [1.807, 2.05) is 24.3 Å². The summed E-state index contributed by atoms with van der Waals surface area (Å²) in [7, 11) is 0. The Kier molecular flexibility index (Phi) is 3.86. The van der Waals surface area contributed by atoms with E-state index in [9.17, 15) is 4.39 Å². The minimum absolute atomic E-state index is 0.330. The van der Waals surface area contributed by atoms with Gasteiger partial charge in [-0.25, -0.2) is 9.37 Å². The van der Waals surface area contributed by atoms with E-state index in [1.54, 1.807) is 12.1 Å². The van der Waals surface area contributed by atoms with E-state index in [2.05, 4.69) is 20.9 Å². The van der Waals surface area contributed by atoms with Crippen molar-refractivity contribution in [2.75, 3.05) is 0 Å². The van der Waals surface area contributed by atoms with Gasteiger partial charge < -0.3 is 10.5 Å². The Labute approximate surface area is 129 Å². The molecule has 0 spiro atoms. The second kappa shape index (κ2) is 5.79. The van der Waals surface area contributed by atoms with Gasteiger partial charge in [0.05, 0.1) is 9.99 Å². The van der Waals surface area contributed by atoms with Gasteiger partial charge in [-0.05, 0) is 45.8 Å². The maximum atomic E-state index is 13.1. The van der Waals surface area contributed by atoms with Gasteiger partial charge in [0.25, 0.3) is 0 Å². The first-order chi connectivity index (χ1) is 10.2. The highest BCUT2D eigenvalue weighted by molar-refractivity contribution is 9.10. The number of nitrogens with zero attached hydrogens (tertiary/aromatic N) is 1. The Balaban J connectivity index is 2.04. The summed E-state index contributed by atoms with van der Waals surface area (Å²) in [6.45, 7) is 0.393. The van der Waals surface area contributed by atoms with Gasteiger partial charge in [-0.2, -0.15) is 0 Å². The Morgan fingerprint density at radius 2 is 1.95 bits per heavy atom. The molecule has 0 saturated carbocycles. The lowest BCUT2D eigenvalue weighted by atomic mass is 10.1. The van der Waals surface area contributed by atoms with Crippen LogP contribution in [0.25, 0.3) is 10.9 Å². The van der Waals surface area contributed by atoms with Crippen LogP contribution >= 0.6 is 15.9 Å². The van der Waals surface area contributed by atoms with Crippen molar-refractivity contribution >= 4 is 26.8 Å². The van der Waals surface area contributed by atoms with Crippen LogP contribution in [0.15, 0.2) is 53.0 Å². The third kappa shape index (κ3) is 2.89. The molecule has 0 saturated heterocycles. The molecule has 3 aromatic rings. The second-order valence-corrected chi connectivity index (χ2v) is 5.37. The number of rotatable bonds is 3. The van der Waals surface area contributed by atoms with E-state index in [4.69, 9.17) is 10.5 Å². The van der Waals surface area contributed by atoms with Gasteiger partial charge in [0.15, 0.2) is 0 Å². The fraction of sp³-hybridized carbons (Fsp3) is 0.0625. The predicted octanol–water partition coefficient (Wildman–Crippen LogP) is 4.39. The van der Waals surface area contributed by atoms with Crippen LogP contribution in [-0.4, -0.2) is 4.98 Å². The smallest absolute Gasteiger partial charge is 0.220 e. The van der Waals surface area contributed by atoms with Gasteiger partial charge in [-0.15, -0.1) is 0 Å². The topological polar surface area (TPSA) is 48.1 Å². The lowest BCUT2D eigenvalue weighted by Crippen LogP contribution is -2.00. The van der Waals surface area contributed by atoms with Gasteiger partial charge in [0.1, 0.15) is 11.6 Å². The largest absolute Gasteiger partial charge is 0.438 e. The van der Waals surface area contributed by atoms with Crippen LogP contribution in [0.1, 0.15) is 5.56 Å². The zero-order valence-electron chi connectivity index (χ0n) is 11.0. The summed E-state index contributed by atoms with van der Waals surface area (Å²) < 4.78 is 19.4. The first kappa shape index (κ1) is 14.0. The quantitative estimate of drug-likeness (QED) is 0.765. The molecule has 0 unspecified atom stereocenters. The molecule has 3 rings (SSSR count). The standard InChI is InChI=1S/C16H12BrFN2O/c17-13-8-11(18)5-6-15(13)21-16-7-10(9-19)12-3-1-2-4-14(12)20-16/h1-8H,9,19H2. The van der Waals surface area contributed by atoms with Crippen molar-refractivity contribution in [3.8, 4) is 11.6 Å². The normalized spacial score (nSPS) is 10.8. The maximum Gasteiger partial charge on any atom is 0.220 e. The highest BCUT2D eigenvalue weighted by atomic mass is 79.9. The zero-order valence-corrected chi connectivity index (χ0v) is 12.6. The van der Waals surface area contributed by atoms with Crippen LogP contribution in [0.3, 0.4) is 0 Å². The molecule has 2 aromatic carbocycles. The number of fused-ring (bicyclic) bond motifs is 1. The average Bonchev–Trinajstić information content (AvgIpc) is 2.49. The average molecular weight is 347 g/mol. The van der Waals surface area contributed by atoms with Crippen LogP contribution in [0, 0.1) is 5.82 Å². The number of pyridine rings is 1. The van der Waals surface area contributed by atoms with Crippen molar-refractivity contribution in [3.63, 3.8) is 0 Å². The van der Waals surface area contributed by atoms with Crippen LogP contribution < -0.4 is 10.5 Å². The summed E-state index contributed by atoms with van der Waals surface area (Å²) in [6.07, 6.45) is 0. The Morgan fingerprint density at radius 3 is 2.71 bits per heavy atom. The fourth-order valence-electron chi connectivity index (χ4n) is 2.11. The molecule has 1 aromatic heterocycles. The fourth-order valence-corrected chi connectivity index (χ4v) is 2.54. The first-order valence-electron chi connectivity index (χ1n) is 6.39. The van der Waals surface area contributed by atoms with E-state index in [1.165, 1.54) is 12.1 Å². The van der Waals surface area contributed by atoms with Crippen molar-refractivity contribution in [3.05, 3.63) is 64.4 Å². The third-order valence-corrected chi connectivity index (χ3v) is 3.73. The minimum atomic E-state index is -0.330. The summed E-state index contributed by atoms with van der Waals surface area (Å²) in [4.78, 5) is 4.45. The van der Waals surface area contributed by atoms with Crippen molar-refractivity contribution in [1.82, 2.24) is 4.98 Å². The SMILES string of the molecule is NCc1cc(Oc2ccc(F)cc2Br)nc2ccccc12. The second-order valence-electron chi connectivity index (χ2n) is 4.52. The number of nitrogens with two attached hydrogens (primary N) is 1. The van der Waals surface area contributed by atoms with Gasteiger partial charge in [0.2, 0.25) is 5.88 Å². The molecule has 0 amide bonds. The molecular formula is C16H12BrFN2O. The summed E-state index contributed by atoms with van der Waals surface area (Å²) in [5.74, 6) is 0.604. The third-order valence-electron chi connectivity index (χ3n) is 3.11. The summed E-state index contributed by atoms with van der Waals surface area (Å²) in [6, 6.07) is 13.8. The molecule has 0 radical (unpaired) electrons. The van der Waals surface area contributed by atoms with Crippen molar-refractivity contribution < 1.29 is 9.13 Å². The molecular weight excluding hydrogens is 335 g/mol. The molecule has 0 aliphatic carbocycles. The molecule has 5 heteroatoms. The van der Waals surface area contributed by atoms with Gasteiger partial charge >= 0.3 is 0 Å². The summed E-state index contributed by atoms with van der Waals surface area (Å²) in [5, 5.41) is 1.01. The predicted molar refractivity (Wildman–Crippen MR) is 83.8 cm³/mol. The number of halogens is 2. The van der Waals surface area contributed by atoms with Gasteiger partial charge in [0, 0.05) is 18.0 Å². The zero-order chi connectivity index (χ0) is 14.8. The van der Waals surface area contributed by atoms with Crippen LogP contribution in [0.5, 0.6) is 11.6 Å². The molecule has 0 fully saturated rings. The monoisotopic (exact) mass is 346 g/mol. The molecule has 0 aliphatic heterocycles. The van der Waals surface area contributed by atoms with Crippen LogP contribution in [0.2, 0.25) is 0 Å². The molecule has 2 N–H and O–H groups in total. The van der Waals surface area contributed by atoms with Crippen molar-refractivity contribution in [2.24, 2.45) is 5.73 Å². The Morgan fingerprint density at radius 1 is 1.14 bits per heavy atom. The molecule has 1 heterocycles. The maximum absolute atomic E-state index is 13.1. The lowest BCUT2D eigenvalue weighted by Gasteiger charge is -2.10. The number of para-hydroxylation sites is 1. The highest BCUT2D eigenvalue weighted by Gasteiger charge is 2.09. The van der Waals surface area contributed by atoms with E-state index in [0.717, 1.165) is 16.5 Å². The van der Waals surface area contributed by atoms with E-state index in [0.29, 0.717) is 22.6 Å². The first-order valence-corrected chi connectivity index (χ1v) is 7.18. The van der Waals surface area contributed by atoms with Gasteiger partial charge in [-0.1, -0.05) is 18.2 Å². The number of ether oxygens (including phenoxy) is 1. The van der Waals surface area contributed by atoms with Gasteiger partial charge in [-0.3, -0.25) is 0 Å². The summed E-state index contributed by atoms with van der Waals surface area (Å²) >= 11 is 3.27. The minimum Gasteiger partial charge on any atom is -0.438 e. The van der Waals surface area contributed by atoms with E-state index in [-0.39, 0.29) is 5.82 Å². The van der Waals surface area contributed by atoms with Crippen LogP contribution in [0.4, 0.5) is 4.39 Å². The molecule has 21 heavy (non-hydrogen) atoms. The molecule has 0 bridgehead atoms. The van der Waals surface area contributed by atoms with Crippen LogP contribution in [-0.2, 0) is 6.54 Å². The summed E-state index contributed by atoms with van der Waals surface area (Å²) in [5.41, 5.74) is 7.55. The van der Waals surface area contributed by atoms with Crippen molar-refractivity contribution in [2.45, 2.75) is 6.54 Å². The van der Waals surface area contributed by atoms with E-state index < -0.39 is 0 Å². The number of aromatic nitrogens is 1. The Bertz CT molecular complexity index is 807. The van der Waals surface area contributed by atoms with E-state index >= 15 is 0 Å². The molecule has 0 aliphatic rings. The lowest BCUT2D eigenvalue weighted by molar-refractivity contribution is 0.459.